The summed E-state index contributed by atoms with van der Waals surface area (Å²) in [6, 6.07) is 7.05. The smallest absolute Gasteiger partial charge is 0.314 e. The molecule has 106 valence electrons. The predicted octanol–water partition coefficient (Wildman–Crippen LogP) is 1.02. The highest BCUT2D eigenvalue weighted by Gasteiger charge is 1.99. The van der Waals surface area contributed by atoms with Gasteiger partial charge in [0.15, 0.2) is 0 Å². The van der Waals surface area contributed by atoms with Gasteiger partial charge in [-0.15, -0.1) is 0 Å². The molecule has 1 aromatic carbocycles. The van der Waals surface area contributed by atoms with Crippen molar-refractivity contribution >= 4 is 6.03 Å². The maximum absolute atomic E-state index is 11.3. The van der Waals surface area contributed by atoms with E-state index in [9.17, 15) is 4.79 Å². The second-order valence-corrected chi connectivity index (χ2v) is 3.70. The normalized spacial score (nSPS) is 9.79. The molecule has 2 amide bonds. The third kappa shape index (κ3) is 6.52. The molecule has 2 N–H and O–H groups in total. The van der Waals surface area contributed by atoms with Gasteiger partial charge in [-0.1, -0.05) is 0 Å². The van der Waals surface area contributed by atoms with Crippen molar-refractivity contribution in [2.24, 2.45) is 0 Å². The number of urea groups is 1. The van der Waals surface area contributed by atoms with E-state index in [0.29, 0.717) is 26.3 Å². The van der Waals surface area contributed by atoms with Crippen LogP contribution in [0, 0.1) is 0 Å². The van der Waals surface area contributed by atoms with Crippen molar-refractivity contribution in [2.45, 2.75) is 0 Å². The van der Waals surface area contributed by atoms with Crippen LogP contribution in [0.2, 0.25) is 0 Å². The minimum atomic E-state index is -0.226. The molecule has 6 heteroatoms. The van der Waals surface area contributed by atoms with E-state index >= 15 is 0 Å². The Kier molecular flexibility index (Phi) is 7.19. The Balaban J connectivity index is 2.11. The van der Waals surface area contributed by atoms with E-state index in [2.05, 4.69) is 10.6 Å². The minimum absolute atomic E-state index is 0.226. The molecule has 6 nitrogen and oxygen atoms in total. The molecule has 0 fully saturated rings. The highest BCUT2D eigenvalue weighted by Crippen LogP contribution is 2.16. The first-order chi connectivity index (χ1) is 9.26. The quantitative estimate of drug-likeness (QED) is 0.691. The van der Waals surface area contributed by atoms with Crippen LogP contribution in [0.4, 0.5) is 4.79 Å². The molecule has 0 aliphatic carbocycles. The number of amides is 2. The zero-order valence-corrected chi connectivity index (χ0v) is 11.3. The first-order valence-corrected chi connectivity index (χ1v) is 6.03. The number of methoxy groups -OCH3 is 2. The van der Waals surface area contributed by atoms with Gasteiger partial charge in [-0.2, -0.15) is 0 Å². The lowest BCUT2D eigenvalue weighted by Gasteiger charge is -2.09. The molecule has 19 heavy (non-hydrogen) atoms. The van der Waals surface area contributed by atoms with Crippen molar-refractivity contribution in [3.05, 3.63) is 24.3 Å². The summed E-state index contributed by atoms with van der Waals surface area (Å²) in [5.41, 5.74) is 0. The Morgan fingerprint density at radius 3 is 2.16 bits per heavy atom. The van der Waals surface area contributed by atoms with Crippen LogP contribution in [0.3, 0.4) is 0 Å². The largest absolute Gasteiger partial charge is 0.497 e. The molecule has 1 aromatic rings. The molecule has 0 bridgehead atoms. The fraction of sp³-hybridized carbons (Fsp3) is 0.462. The molecule has 0 heterocycles. The topological polar surface area (TPSA) is 68.8 Å². The zero-order valence-electron chi connectivity index (χ0n) is 11.3. The summed E-state index contributed by atoms with van der Waals surface area (Å²) in [7, 11) is 3.20. The van der Waals surface area contributed by atoms with Gasteiger partial charge in [0.25, 0.3) is 0 Å². The molecule has 0 unspecified atom stereocenters. The Morgan fingerprint density at radius 1 is 1.00 bits per heavy atom. The van der Waals surface area contributed by atoms with E-state index in [1.807, 2.05) is 24.3 Å². The van der Waals surface area contributed by atoms with E-state index < -0.39 is 0 Å². The SMILES string of the molecule is COCCNC(=O)NCCOc1ccc(OC)cc1. The lowest BCUT2D eigenvalue weighted by atomic mass is 10.3. The van der Waals surface area contributed by atoms with E-state index in [0.717, 1.165) is 11.5 Å². The van der Waals surface area contributed by atoms with Gasteiger partial charge in [0.2, 0.25) is 0 Å². The van der Waals surface area contributed by atoms with Crippen molar-refractivity contribution in [3.63, 3.8) is 0 Å². The molecular formula is C13H20N2O4. The number of benzene rings is 1. The van der Waals surface area contributed by atoms with Gasteiger partial charge >= 0.3 is 6.03 Å². The number of rotatable bonds is 8. The Morgan fingerprint density at radius 2 is 1.58 bits per heavy atom. The molecule has 0 saturated carbocycles. The van der Waals surface area contributed by atoms with Crippen LogP contribution in [0.1, 0.15) is 0 Å². The third-order valence-corrected chi connectivity index (χ3v) is 2.31. The lowest BCUT2D eigenvalue weighted by molar-refractivity contribution is 0.195. The molecule has 0 aliphatic heterocycles. The monoisotopic (exact) mass is 268 g/mol. The fourth-order valence-corrected chi connectivity index (χ4v) is 1.33. The fourth-order valence-electron chi connectivity index (χ4n) is 1.33. The summed E-state index contributed by atoms with van der Waals surface area (Å²) in [4.78, 5) is 11.3. The van der Waals surface area contributed by atoms with Gasteiger partial charge in [-0.3, -0.25) is 0 Å². The van der Waals surface area contributed by atoms with Gasteiger partial charge in [-0.25, -0.2) is 4.79 Å². The highest BCUT2D eigenvalue weighted by atomic mass is 16.5. The molecule has 0 radical (unpaired) electrons. The van der Waals surface area contributed by atoms with E-state index in [4.69, 9.17) is 14.2 Å². The maximum atomic E-state index is 11.3. The van der Waals surface area contributed by atoms with Crippen LogP contribution >= 0.6 is 0 Å². The number of carbonyl (C=O) groups is 1. The van der Waals surface area contributed by atoms with Crippen LogP contribution in [0.5, 0.6) is 11.5 Å². The number of ether oxygens (including phenoxy) is 3. The molecule has 0 atom stereocenters. The molecule has 1 rings (SSSR count). The number of hydrogen-bond acceptors (Lipinski definition) is 4. The Hall–Kier alpha value is -1.95. The number of nitrogens with one attached hydrogen (secondary N) is 2. The summed E-state index contributed by atoms with van der Waals surface area (Å²) < 4.78 is 15.3. The highest BCUT2D eigenvalue weighted by molar-refractivity contribution is 5.73. The van der Waals surface area contributed by atoms with Crippen LogP contribution in [-0.2, 0) is 4.74 Å². The molecule has 0 spiro atoms. The minimum Gasteiger partial charge on any atom is -0.497 e. The van der Waals surface area contributed by atoms with Crippen molar-refractivity contribution in [1.82, 2.24) is 10.6 Å². The van der Waals surface area contributed by atoms with Crippen molar-refractivity contribution in [1.29, 1.82) is 0 Å². The van der Waals surface area contributed by atoms with Crippen molar-refractivity contribution < 1.29 is 19.0 Å². The first kappa shape index (κ1) is 15.1. The first-order valence-electron chi connectivity index (χ1n) is 6.03. The van der Waals surface area contributed by atoms with E-state index in [-0.39, 0.29) is 6.03 Å². The standard InChI is InChI=1S/C13H20N2O4/c1-17-9-7-14-13(16)15-8-10-19-12-5-3-11(18-2)4-6-12/h3-6H,7-10H2,1-2H3,(H2,14,15,16). The van der Waals surface area contributed by atoms with Gasteiger partial charge in [0.05, 0.1) is 20.3 Å². The summed E-state index contributed by atoms with van der Waals surface area (Å²) in [5.74, 6) is 1.52. The summed E-state index contributed by atoms with van der Waals surface area (Å²) in [6.07, 6.45) is 0. The van der Waals surface area contributed by atoms with Crippen molar-refractivity contribution in [2.75, 3.05) is 40.5 Å². The zero-order chi connectivity index (χ0) is 13.9. The third-order valence-electron chi connectivity index (χ3n) is 2.31. The lowest BCUT2D eigenvalue weighted by Crippen LogP contribution is -2.39. The van der Waals surface area contributed by atoms with Gasteiger partial charge < -0.3 is 24.8 Å². The average Bonchev–Trinajstić information content (AvgIpc) is 2.44. The van der Waals surface area contributed by atoms with Gasteiger partial charge in [0, 0.05) is 13.7 Å². The average molecular weight is 268 g/mol. The van der Waals surface area contributed by atoms with Crippen LogP contribution < -0.4 is 20.1 Å². The predicted molar refractivity (Wildman–Crippen MR) is 71.8 cm³/mol. The molecule has 0 aliphatic rings. The Bertz CT molecular complexity index is 367. The number of carbonyl (C=O) groups excluding carboxylic acids is 1. The summed E-state index contributed by atoms with van der Waals surface area (Å²) >= 11 is 0. The van der Waals surface area contributed by atoms with Gasteiger partial charge in [-0.05, 0) is 24.3 Å². The van der Waals surface area contributed by atoms with Crippen LogP contribution in [0.15, 0.2) is 24.3 Å². The van der Waals surface area contributed by atoms with E-state index in [1.54, 1.807) is 14.2 Å². The second-order valence-electron chi connectivity index (χ2n) is 3.70. The molecular weight excluding hydrogens is 248 g/mol. The second kappa shape index (κ2) is 9.04. The van der Waals surface area contributed by atoms with Crippen molar-refractivity contribution in [3.8, 4) is 11.5 Å². The molecule has 0 saturated heterocycles. The van der Waals surface area contributed by atoms with Crippen LogP contribution in [-0.4, -0.2) is 46.6 Å². The van der Waals surface area contributed by atoms with Crippen LogP contribution in [0.25, 0.3) is 0 Å². The summed E-state index contributed by atoms with van der Waals surface area (Å²) in [6.45, 7) is 1.83. The number of hydrogen-bond donors (Lipinski definition) is 2. The molecule has 0 aromatic heterocycles. The summed E-state index contributed by atoms with van der Waals surface area (Å²) in [5, 5.41) is 5.33. The maximum Gasteiger partial charge on any atom is 0.314 e. The van der Waals surface area contributed by atoms with E-state index in [1.165, 1.54) is 0 Å². The van der Waals surface area contributed by atoms with Gasteiger partial charge in [0.1, 0.15) is 18.1 Å². The Labute approximate surface area is 113 Å².